The Labute approximate surface area is 166 Å². The van der Waals surface area contributed by atoms with Crippen molar-refractivity contribution in [2.45, 2.75) is 11.8 Å². The minimum Gasteiger partial charge on any atom is -0.330 e. The van der Waals surface area contributed by atoms with Crippen LogP contribution < -0.4 is 20.8 Å². The molecule has 4 N–H and O–H groups in total. The first-order valence-corrected chi connectivity index (χ1v) is 10.1. The van der Waals surface area contributed by atoms with Crippen LogP contribution in [0.25, 0.3) is 0 Å². The summed E-state index contributed by atoms with van der Waals surface area (Å²) in [6, 6.07) is 9.91. The zero-order valence-corrected chi connectivity index (χ0v) is 16.3. The molecule has 1 aliphatic heterocycles. The third-order valence-corrected chi connectivity index (χ3v) is 5.14. The summed E-state index contributed by atoms with van der Waals surface area (Å²) < 4.78 is 36.8. The number of para-hydroxylation sites is 1. The van der Waals surface area contributed by atoms with E-state index in [0.717, 1.165) is 0 Å². The van der Waals surface area contributed by atoms with Crippen molar-refractivity contribution >= 4 is 50.3 Å². The topological polar surface area (TPSA) is 117 Å². The van der Waals surface area contributed by atoms with Crippen LogP contribution in [-0.2, 0) is 14.8 Å². The van der Waals surface area contributed by atoms with Gasteiger partial charge in [-0.25, -0.2) is 17.9 Å². The molecule has 28 heavy (non-hydrogen) atoms. The third kappa shape index (κ3) is 3.86. The summed E-state index contributed by atoms with van der Waals surface area (Å²) in [7, 11) is -3.96. The van der Waals surface area contributed by atoms with E-state index in [-0.39, 0.29) is 21.4 Å². The highest BCUT2D eigenvalue weighted by atomic mass is 32.2. The Bertz CT molecular complexity index is 1100. The number of anilines is 2. The van der Waals surface area contributed by atoms with Crippen LogP contribution in [0.5, 0.6) is 0 Å². The monoisotopic (exact) mass is 421 g/mol. The molecular formula is C17H16FN5O3S2. The number of nitrogens with two attached hydrogens (primary N) is 1. The molecule has 1 aliphatic rings. The van der Waals surface area contributed by atoms with Gasteiger partial charge in [0, 0.05) is 12.1 Å². The number of thiocarbonyl (C=S) groups is 1. The van der Waals surface area contributed by atoms with Gasteiger partial charge in [0.25, 0.3) is 5.91 Å². The van der Waals surface area contributed by atoms with Crippen LogP contribution in [0, 0.1) is 5.82 Å². The fraction of sp³-hybridized carbons (Fsp3) is 0.118. The van der Waals surface area contributed by atoms with Crippen molar-refractivity contribution < 1.29 is 17.6 Å². The molecule has 0 spiro atoms. The Hall–Kier alpha value is -2.89. The number of hydrazone groups is 1. The van der Waals surface area contributed by atoms with Crippen LogP contribution in [0.3, 0.4) is 0 Å². The van der Waals surface area contributed by atoms with Gasteiger partial charge in [-0.05, 0) is 49.5 Å². The number of halogens is 1. The minimum atomic E-state index is -3.96. The molecule has 3 rings (SSSR count). The van der Waals surface area contributed by atoms with E-state index >= 15 is 0 Å². The van der Waals surface area contributed by atoms with Crippen LogP contribution >= 0.6 is 12.2 Å². The third-order valence-electron chi connectivity index (χ3n) is 3.98. The second-order valence-electron chi connectivity index (χ2n) is 5.78. The predicted octanol–water partition coefficient (Wildman–Crippen LogP) is 1.53. The van der Waals surface area contributed by atoms with Gasteiger partial charge in [-0.2, -0.15) is 5.10 Å². The molecule has 8 nitrogen and oxygen atoms in total. The normalized spacial score (nSPS) is 14.9. The van der Waals surface area contributed by atoms with Gasteiger partial charge >= 0.3 is 0 Å². The lowest BCUT2D eigenvalue weighted by molar-refractivity contribution is -0.112. The van der Waals surface area contributed by atoms with E-state index in [2.05, 4.69) is 15.8 Å². The van der Waals surface area contributed by atoms with E-state index in [9.17, 15) is 17.6 Å². The zero-order valence-electron chi connectivity index (χ0n) is 14.6. The lowest BCUT2D eigenvalue weighted by atomic mass is 10.1. The van der Waals surface area contributed by atoms with Crippen LogP contribution in [-0.4, -0.2) is 31.7 Å². The Morgan fingerprint density at radius 1 is 1.29 bits per heavy atom. The number of rotatable bonds is 4. The number of hydrogen-bond donors (Lipinski definition) is 3. The SMILES string of the molecule is CCN1C(=O)C(=NNC(=S)Nc2ccccc2S(N)(=O)=O)c2ccc(F)cc21. The Morgan fingerprint density at radius 3 is 2.68 bits per heavy atom. The largest absolute Gasteiger partial charge is 0.330 e. The number of primary sulfonamides is 1. The number of hydrogen-bond acceptors (Lipinski definition) is 5. The molecule has 2 aromatic carbocycles. The van der Waals surface area contributed by atoms with E-state index < -0.39 is 21.7 Å². The second kappa shape index (κ2) is 7.62. The first-order chi connectivity index (χ1) is 13.2. The van der Waals surface area contributed by atoms with Crippen molar-refractivity contribution in [2.75, 3.05) is 16.8 Å². The molecule has 0 unspecified atom stereocenters. The Kier molecular flexibility index (Phi) is 5.40. The number of carbonyl (C=O) groups is 1. The number of likely N-dealkylation sites (N-methyl/N-ethyl adjacent to an activating group) is 1. The van der Waals surface area contributed by atoms with Crippen LogP contribution in [0.4, 0.5) is 15.8 Å². The summed E-state index contributed by atoms with van der Waals surface area (Å²) in [5, 5.41) is 11.8. The highest BCUT2D eigenvalue weighted by Crippen LogP contribution is 2.29. The molecule has 0 aliphatic carbocycles. The van der Waals surface area contributed by atoms with Gasteiger partial charge in [0.2, 0.25) is 10.0 Å². The van der Waals surface area contributed by atoms with Gasteiger partial charge in [-0.1, -0.05) is 12.1 Å². The average Bonchev–Trinajstić information content (AvgIpc) is 2.89. The first kappa shape index (κ1) is 19.9. The van der Waals surface area contributed by atoms with Crippen molar-refractivity contribution in [2.24, 2.45) is 10.2 Å². The lowest BCUT2D eigenvalue weighted by Crippen LogP contribution is -2.32. The average molecular weight is 421 g/mol. The lowest BCUT2D eigenvalue weighted by Gasteiger charge is -2.13. The van der Waals surface area contributed by atoms with Gasteiger partial charge in [0.1, 0.15) is 10.7 Å². The smallest absolute Gasteiger partial charge is 0.279 e. The van der Waals surface area contributed by atoms with E-state index in [1.165, 1.54) is 41.3 Å². The highest BCUT2D eigenvalue weighted by molar-refractivity contribution is 7.89. The molecule has 0 saturated heterocycles. The standard InChI is InChI=1S/C17H16FN5O3S2/c1-2-23-13-9-10(18)7-8-11(13)15(16(23)24)21-22-17(27)20-12-5-3-4-6-14(12)28(19,25)26/h3-9H,2H2,1H3,(H2,19,25,26)(H2,20,22,27). The number of fused-ring (bicyclic) bond motifs is 1. The van der Waals surface area contributed by atoms with E-state index in [1.54, 1.807) is 13.0 Å². The number of amides is 1. The fourth-order valence-electron chi connectivity index (χ4n) is 2.78. The molecule has 11 heteroatoms. The molecule has 2 aromatic rings. The second-order valence-corrected chi connectivity index (χ2v) is 7.72. The maximum absolute atomic E-state index is 13.5. The molecular weight excluding hydrogens is 405 g/mol. The Balaban J connectivity index is 1.84. The maximum Gasteiger partial charge on any atom is 0.279 e. The molecule has 0 fully saturated rings. The molecule has 0 saturated carbocycles. The summed E-state index contributed by atoms with van der Waals surface area (Å²) in [6.45, 7) is 2.11. The van der Waals surface area contributed by atoms with E-state index in [0.29, 0.717) is 17.8 Å². The number of carbonyl (C=O) groups excluding carboxylic acids is 1. The number of sulfonamides is 1. The molecule has 0 radical (unpaired) electrons. The van der Waals surface area contributed by atoms with Gasteiger partial charge in [-0.3, -0.25) is 10.2 Å². The summed E-state index contributed by atoms with van der Waals surface area (Å²) in [5.74, 6) is -0.862. The quantitative estimate of drug-likeness (QED) is 0.509. The van der Waals surface area contributed by atoms with Crippen molar-refractivity contribution in [3.63, 3.8) is 0 Å². The van der Waals surface area contributed by atoms with Gasteiger partial charge in [0.15, 0.2) is 10.8 Å². The summed E-state index contributed by atoms with van der Waals surface area (Å²) in [6.07, 6.45) is 0. The van der Waals surface area contributed by atoms with Crippen LogP contribution in [0.1, 0.15) is 12.5 Å². The zero-order chi connectivity index (χ0) is 20.5. The van der Waals surface area contributed by atoms with Crippen LogP contribution in [0.15, 0.2) is 52.5 Å². The number of benzene rings is 2. The molecule has 0 bridgehead atoms. The van der Waals surface area contributed by atoms with Crippen molar-refractivity contribution in [1.82, 2.24) is 5.43 Å². The fourth-order valence-corrected chi connectivity index (χ4v) is 3.63. The molecule has 1 amide bonds. The molecule has 0 aromatic heterocycles. The van der Waals surface area contributed by atoms with Crippen molar-refractivity contribution in [3.8, 4) is 0 Å². The van der Waals surface area contributed by atoms with E-state index in [4.69, 9.17) is 17.4 Å². The van der Waals surface area contributed by atoms with Gasteiger partial charge in [-0.15, -0.1) is 0 Å². The number of nitrogens with zero attached hydrogens (tertiary/aromatic N) is 2. The van der Waals surface area contributed by atoms with Gasteiger partial charge < -0.3 is 10.2 Å². The first-order valence-electron chi connectivity index (χ1n) is 8.10. The summed E-state index contributed by atoms with van der Waals surface area (Å²) in [5.41, 5.74) is 3.64. The maximum atomic E-state index is 13.5. The predicted molar refractivity (Wildman–Crippen MR) is 108 cm³/mol. The van der Waals surface area contributed by atoms with Crippen molar-refractivity contribution in [3.05, 3.63) is 53.8 Å². The number of nitrogens with one attached hydrogen (secondary N) is 2. The molecule has 0 atom stereocenters. The van der Waals surface area contributed by atoms with E-state index in [1.807, 2.05) is 0 Å². The summed E-state index contributed by atoms with van der Waals surface area (Å²) in [4.78, 5) is 13.8. The van der Waals surface area contributed by atoms with Crippen molar-refractivity contribution in [1.29, 1.82) is 0 Å². The Morgan fingerprint density at radius 2 is 2.00 bits per heavy atom. The minimum absolute atomic E-state index is 0.0463. The summed E-state index contributed by atoms with van der Waals surface area (Å²) >= 11 is 5.12. The molecule has 1 heterocycles. The van der Waals surface area contributed by atoms with Crippen LogP contribution in [0.2, 0.25) is 0 Å². The highest BCUT2D eigenvalue weighted by Gasteiger charge is 2.33. The van der Waals surface area contributed by atoms with Gasteiger partial charge in [0.05, 0.1) is 11.4 Å². The molecule has 146 valence electrons.